The number of carbonyl (C=O) groups excluding carboxylic acids is 1. The fraction of sp³-hybridized carbons (Fsp3) is 0.385. The first-order valence-corrected chi connectivity index (χ1v) is 6.94. The summed E-state index contributed by atoms with van der Waals surface area (Å²) in [4.78, 5) is 12.5. The number of nitrogens with one attached hydrogen (secondary N) is 1. The second-order valence-electron chi connectivity index (χ2n) is 3.67. The maximum Gasteiger partial charge on any atom is 0.240 e. The van der Waals surface area contributed by atoms with Gasteiger partial charge >= 0.3 is 0 Å². The molecule has 0 aliphatic heterocycles. The summed E-state index contributed by atoms with van der Waals surface area (Å²) in [6.45, 7) is 2.06. The van der Waals surface area contributed by atoms with Crippen LogP contribution < -0.4 is 5.43 Å². The first kappa shape index (κ1) is 13.8. The molecule has 1 aromatic carbocycles. The van der Waals surface area contributed by atoms with E-state index in [4.69, 9.17) is 0 Å². The minimum Gasteiger partial charge on any atom is -0.273 e. The van der Waals surface area contributed by atoms with E-state index in [0.29, 0.717) is 6.42 Å². The van der Waals surface area contributed by atoms with E-state index in [2.05, 4.69) is 17.5 Å². The van der Waals surface area contributed by atoms with Gasteiger partial charge in [-0.2, -0.15) is 5.10 Å². The van der Waals surface area contributed by atoms with Crippen molar-refractivity contribution in [3.63, 3.8) is 0 Å². The molecule has 1 N–H and O–H groups in total. The molecule has 0 atom stereocenters. The van der Waals surface area contributed by atoms with Crippen molar-refractivity contribution >= 4 is 23.9 Å². The van der Waals surface area contributed by atoms with Gasteiger partial charge in [0, 0.05) is 11.3 Å². The Labute approximate surface area is 107 Å². The molecule has 0 saturated heterocycles. The van der Waals surface area contributed by atoms with Gasteiger partial charge in [0.1, 0.15) is 0 Å². The standard InChI is InChI=1S/C13H18N2OS/c1-3-4-5-13(16)15-14-10-11-6-8-12(17-2)9-7-11/h6-10H,3-5H2,1-2H3,(H,15,16). The van der Waals surface area contributed by atoms with Crippen LogP contribution in [0.1, 0.15) is 31.7 Å². The summed E-state index contributed by atoms with van der Waals surface area (Å²) in [5, 5.41) is 3.92. The van der Waals surface area contributed by atoms with Crippen molar-refractivity contribution in [1.29, 1.82) is 0 Å². The predicted octanol–water partition coefficient (Wildman–Crippen LogP) is 3.05. The number of nitrogens with zero attached hydrogens (tertiary/aromatic N) is 1. The van der Waals surface area contributed by atoms with Crippen LogP contribution in [0, 0.1) is 0 Å². The number of thioether (sulfide) groups is 1. The minimum atomic E-state index is -0.0242. The van der Waals surface area contributed by atoms with Crippen molar-refractivity contribution in [2.45, 2.75) is 31.1 Å². The molecule has 0 aliphatic rings. The van der Waals surface area contributed by atoms with Crippen LogP contribution in [0.15, 0.2) is 34.3 Å². The lowest BCUT2D eigenvalue weighted by Gasteiger charge is -1.98. The molecule has 0 aromatic heterocycles. The van der Waals surface area contributed by atoms with Crippen LogP contribution in [0.5, 0.6) is 0 Å². The van der Waals surface area contributed by atoms with Crippen LogP contribution in [0.4, 0.5) is 0 Å². The molecule has 4 heteroatoms. The highest BCUT2D eigenvalue weighted by Crippen LogP contribution is 2.13. The van der Waals surface area contributed by atoms with Crippen molar-refractivity contribution < 1.29 is 4.79 Å². The first-order chi connectivity index (χ1) is 8.26. The topological polar surface area (TPSA) is 41.5 Å². The molecule has 0 bridgehead atoms. The molecule has 0 unspecified atom stereocenters. The monoisotopic (exact) mass is 250 g/mol. The average Bonchev–Trinajstić information content (AvgIpc) is 2.37. The van der Waals surface area contributed by atoms with Crippen LogP contribution in [0.3, 0.4) is 0 Å². The Morgan fingerprint density at radius 2 is 2.12 bits per heavy atom. The second-order valence-corrected chi connectivity index (χ2v) is 4.55. The van der Waals surface area contributed by atoms with E-state index in [1.54, 1.807) is 18.0 Å². The zero-order valence-corrected chi connectivity index (χ0v) is 11.1. The maximum absolute atomic E-state index is 11.3. The summed E-state index contributed by atoms with van der Waals surface area (Å²) in [5.74, 6) is -0.0242. The van der Waals surface area contributed by atoms with Crippen LogP contribution in [0.25, 0.3) is 0 Å². The Bertz CT molecular complexity index is 374. The van der Waals surface area contributed by atoms with Crippen molar-refractivity contribution in [1.82, 2.24) is 5.43 Å². The molecule has 0 radical (unpaired) electrons. The second kappa shape index (κ2) is 7.90. The van der Waals surface area contributed by atoms with E-state index in [1.807, 2.05) is 30.5 Å². The van der Waals surface area contributed by atoms with E-state index in [-0.39, 0.29) is 5.91 Å². The molecule has 0 saturated carbocycles. The van der Waals surface area contributed by atoms with Gasteiger partial charge in [-0.1, -0.05) is 25.5 Å². The van der Waals surface area contributed by atoms with Crippen molar-refractivity contribution in [3.05, 3.63) is 29.8 Å². The molecule has 3 nitrogen and oxygen atoms in total. The number of unbranched alkanes of at least 4 members (excludes halogenated alkanes) is 1. The van der Waals surface area contributed by atoms with Crippen LogP contribution in [0.2, 0.25) is 0 Å². The van der Waals surface area contributed by atoms with Gasteiger partial charge in [0.25, 0.3) is 0 Å². The molecule has 1 amide bonds. The number of hydrogen-bond acceptors (Lipinski definition) is 3. The Kier molecular flexibility index (Phi) is 6.40. The summed E-state index contributed by atoms with van der Waals surface area (Å²) in [7, 11) is 0. The summed E-state index contributed by atoms with van der Waals surface area (Å²) in [5.41, 5.74) is 3.50. The van der Waals surface area contributed by atoms with Gasteiger partial charge in [-0.25, -0.2) is 5.43 Å². The summed E-state index contributed by atoms with van der Waals surface area (Å²) >= 11 is 1.70. The quantitative estimate of drug-likeness (QED) is 0.479. The van der Waals surface area contributed by atoms with E-state index in [1.165, 1.54) is 4.90 Å². The molecule has 0 spiro atoms. The van der Waals surface area contributed by atoms with Gasteiger partial charge in [0.2, 0.25) is 5.91 Å². The Balaban J connectivity index is 2.39. The van der Waals surface area contributed by atoms with Gasteiger partial charge in [-0.3, -0.25) is 4.79 Å². The molecule has 0 aliphatic carbocycles. The lowest BCUT2D eigenvalue weighted by atomic mass is 10.2. The smallest absolute Gasteiger partial charge is 0.240 e. The predicted molar refractivity (Wildman–Crippen MR) is 73.5 cm³/mol. The third-order valence-electron chi connectivity index (χ3n) is 2.28. The fourth-order valence-corrected chi connectivity index (χ4v) is 1.67. The zero-order chi connectivity index (χ0) is 12.5. The Morgan fingerprint density at radius 1 is 1.41 bits per heavy atom. The number of hydrazone groups is 1. The van der Waals surface area contributed by atoms with Crippen molar-refractivity contribution in [2.75, 3.05) is 6.26 Å². The van der Waals surface area contributed by atoms with Gasteiger partial charge in [0.15, 0.2) is 0 Å². The Morgan fingerprint density at radius 3 is 2.71 bits per heavy atom. The van der Waals surface area contributed by atoms with Crippen molar-refractivity contribution in [3.8, 4) is 0 Å². The first-order valence-electron chi connectivity index (χ1n) is 5.72. The molecule has 17 heavy (non-hydrogen) atoms. The van der Waals surface area contributed by atoms with Crippen LogP contribution >= 0.6 is 11.8 Å². The third kappa shape index (κ3) is 5.54. The maximum atomic E-state index is 11.3. The highest BCUT2D eigenvalue weighted by molar-refractivity contribution is 7.98. The van der Waals surface area contributed by atoms with Gasteiger partial charge in [-0.15, -0.1) is 11.8 Å². The summed E-state index contributed by atoms with van der Waals surface area (Å²) in [6, 6.07) is 8.02. The number of amides is 1. The number of carbonyl (C=O) groups is 1. The SMILES string of the molecule is CCCCC(=O)NN=Cc1ccc(SC)cc1. The largest absolute Gasteiger partial charge is 0.273 e. The molecule has 1 aromatic rings. The normalized spacial score (nSPS) is 10.7. The Hall–Kier alpha value is -1.29. The lowest BCUT2D eigenvalue weighted by Crippen LogP contribution is -2.16. The lowest BCUT2D eigenvalue weighted by molar-refractivity contribution is -0.121. The van der Waals surface area contributed by atoms with E-state index in [9.17, 15) is 4.79 Å². The van der Waals surface area contributed by atoms with Crippen molar-refractivity contribution in [2.24, 2.45) is 5.10 Å². The van der Waals surface area contributed by atoms with Gasteiger partial charge in [0.05, 0.1) is 6.21 Å². The number of hydrogen-bond donors (Lipinski definition) is 1. The molecular formula is C13H18N2OS. The van der Waals surface area contributed by atoms with E-state index in [0.717, 1.165) is 18.4 Å². The van der Waals surface area contributed by atoms with E-state index >= 15 is 0 Å². The van der Waals surface area contributed by atoms with E-state index < -0.39 is 0 Å². The molecule has 0 fully saturated rings. The molecule has 92 valence electrons. The summed E-state index contributed by atoms with van der Waals surface area (Å²) < 4.78 is 0. The number of benzene rings is 1. The minimum absolute atomic E-state index is 0.0242. The van der Waals surface area contributed by atoms with Crippen LogP contribution in [-0.2, 0) is 4.79 Å². The van der Waals surface area contributed by atoms with Gasteiger partial charge < -0.3 is 0 Å². The molecular weight excluding hydrogens is 232 g/mol. The number of rotatable bonds is 6. The highest BCUT2D eigenvalue weighted by atomic mass is 32.2. The average molecular weight is 250 g/mol. The molecule has 1 rings (SSSR count). The fourth-order valence-electron chi connectivity index (χ4n) is 1.26. The third-order valence-corrected chi connectivity index (χ3v) is 3.02. The van der Waals surface area contributed by atoms with Crippen LogP contribution in [-0.4, -0.2) is 18.4 Å². The van der Waals surface area contributed by atoms with Gasteiger partial charge in [-0.05, 0) is 30.4 Å². The summed E-state index contributed by atoms with van der Waals surface area (Å²) in [6.07, 6.45) is 6.17. The highest BCUT2D eigenvalue weighted by Gasteiger charge is 1.96. The zero-order valence-electron chi connectivity index (χ0n) is 10.3. The molecule has 0 heterocycles.